The Morgan fingerprint density at radius 3 is 2.39 bits per heavy atom. The van der Waals surface area contributed by atoms with Gasteiger partial charge in [-0.2, -0.15) is 13.2 Å². The van der Waals surface area contributed by atoms with Crippen LogP contribution in [0, 0.1) is 0 Å². The number of benzene rings is 1. The van der Waals surface area contributed by atoms with Crippen LogP contribution in [0.2, 0.25) is 0 Å². The van der Waals surface area contributed by atoms with Crippen molar-refractivity contribution in [2.75, 3.05) is 14.2 Å². The predicted octanol–water partition coefficient (Wildman–Crippen LogP) is 2.58. The van der Waals surface area contributed by atoms with E-state index in [1.165, 1.54) is 14.2 Å². The van der Waals surface area contributed by atoms with E-state index in [-0.39, 0.29) is 0 Å². The molecule has 0 aliphatic heterocycles. The van der Waals surface area contributed by atoms with Gasteiger partial charge < -0.3 is 19.9 Å². The van der Waals surface area contributed by atoms with Gasteiger partial charge in [0.2, 0.25) is 5.91 Å². The molecule has 1 aromatic rings. The predicted molar refractivity (Wildman–Crippen MR) is 77.4 cm³/mol. The van der Waals surface area contributed by atoms with E-state index >= 15 is 0 Å². The van der Waals surface area contributed by atoms with Crippen molar-refractivity contribution in [1.82, 2.24) is 5.32 Å². The van der Waals surface area contributed by atoms with Crippen LogP contribution in [-0.2, 0) is 4.79 Å². The molecule has 0 radical (unpaired) electrons. The van der Waals surface area contributed by atoms with Gasteiger partial charge in [0.15, 0.2) is 5.60 Å². The minimum atomic E-state index is -4.89. The lowest BCUT2D eigenvalue weighted by Crippen LogP contribution is -2.46. The summed E-state index contributed by atoms with van der Waals surface area (Å²) in [6.45, 7) is 2.15. The summed E-state index contributed by atoms with van der Waals surface area (Å²) >= 11 is 0. The Balaban J connectivity index is 2.87. The Bertz CT molecular complexity index is 558. The molecule has 0 heterocycles. The van der Waals surface area contributed by atoms with Crippen LogP contribution in [0.25, 0.3) is 0 Å². The Morgan fingerprint density at radius 1 is 1.30 bits per heavy atom. The molecule has 0 unspecified atom stereocenters. The summed E-state index contributed by atoms with van der Waals surface area (Å²) in [6, 6.07) is 4.27. The molecule has 1 aromatic carbocycles. The second-order valence-electron chi connectivity index (χ2n) is 5.35. The minimum Gasteiger partial charge on any atom is -0.497 e. The van der Waals surface area contributed by atoms with Gasteiger partial charge in [-0.05, 0) is 32.0 Å². The van der Waals surface area contributed by atoms with Crippen molar-refractivity contribution in [1.29, 1.82) is 0 Å². The Kier molecular flexibility index (Phi) is 5.87. The number of alkyl halides is 3. The van der Waals surface area contributed by atoms with E-state index in [1.54, 1.807) is 25.1 Å². The average molecular weight is 335 g/mol. The summed E-state index contributed by atoms with van der Waals surface area (Å²) in [4.78, 5) is 11.8. The molecule has 0 aliphatic carbocycles. The molecule has 0 bridgehead atoms. The number of carbonyl (C=O) groups is 1. The highest BCUT2D eigenvalue weighted by Gasteiger charge is 2.51. The normalized spacial score (nSPS) is 15.5. The number of aliphatic hydroxyl groups is 1. The maximum Gasteiger partial charge on any atom is 0.417 e. The second kappa shape index (κ2) is 7.08. The lowest BCUT2D eigenvalue weighted by Gasteiger charge is -2.26. The number of carbonyl (C=O) groups excluding carboxylic acids is 1. The number of hydrogen-bond acceptors (Lipinski definition) is 4. The summed E-state index contributed by atoms with van der Waals surface area (Å²) in [7, 11) is 2.91. The Hall–Kier alpha value is -1.96. The fraction of sp³-hybridized carbons (Fsp3) is 0.533. The highest BCUT2D eigenvalue weighted by Crippen LogP contribution is 2.33. The third kappa shape index (κ3) is 4.75. The van der Waals surface area contributed by atoms with Crippen molar-refractivity contribution in [2.24, 2.45) is 0 Å². The molecule has 130 valence electrons. The summed E-state index contributed by atoms with van der Waals surface area (Å²) in [5.74, 6) is 0.0510. The standard InChI is InChI=1S/C15H20F3NO4/c1-9(11-7-10(22-3)5-6-12(11)23-4)19-13(20)8-14(2,21)15(16,17)18/h5-7,9,21H,8H2,1-4H3,(H,19,20)/t9-,14-/m0/s1. The lowest BCUT2D eigenvalue weighted by atomic mass is 10.0. The van der Waals surface area contributed by atoms with Crippen molar-refractivity contribution in [3.05, 3.63) is 23.8 Å². The van der Waals surface area contributed by atoms with Crippen molar-refractivity contribution in [3.8, 4) is 11.5 Å². The highest BCUT2D eigenvalue weighted by molar-refractivity contribution is 5.77. The molecule has 0 aromatic heterocycles. The van der Waals surface area contributed by atoms with E-state index in [1.807, 2.05) is 0 Å². The van der Waals surface area contributed by atoms with Gasteiger partial charge in [0.05, 0.1) is 26.7 Å². The zero-order valence-corrected chi connectivity index (χ0v) is 13.3. The first kappa shape index (κ1) is 19.1. The quantitative estimate of drug-likeness (QED) is 0.838. The smallest absolute Gasteiger partial charge is 0.417 e. The zero-order chi connectivity index (χ0) is 17.8. The fourth-order valence-corrected chi connectivity index (χ4v) is 1.96. The first-order valence-electron chi connectivity index (χ1n) is 6.82. The third-order valence-electron chi connectivity index (χ3n) is 3.40. The maximum atomic E-state index is 12.6. The van der Waals surface area contributed by atoms with Gasteiger partial charge >= 0.3 is 6.18 Å². The van der Waals surface area contributed by atoms with Crippen molar-refractivity contribution in [2.45, 2.75) is 38.1 Å². The van der Waals surface area contributed by atoms with Gasteiger partial charge in [0, 0.05) is 5.56 Å². The van der Waals surface area contributed by atoms with Crippen LogP contribution in [0.3, 0.4) is 0 Å². The van der Waals surface area contributed by atoms with E-state index in [2.05, 4.69) is 5.32 Å². The molecule has 0 spiro atoms. The monoisotopic (exact) mass is 335 g/mol. The maximum absolute atomic E-state index is 12.6. The largest absolute Gasteiger partial charge is 0.497 e. The molecular formula is C15H20F3NO4. The Labute approximate surface area is 132 Å². The van der Waals surface area contributed by atoms with Crippen LogP contribution in [0.4, 0.5) is 13.2 Å². The second-order valence-corrected chi connectivity index (χ2v) is 5.35. The van der Waals surface area contributed by atoms with E-state index < -0.39 is 30.1 Å². The lowest BCUT2D eigenvalue weighted by molar-refractivity contribution is -0.253. The molecule has 2 N–H and O–H groups in total. The zero-order valence-electron chi connectivity index (χ0n) is 13.3. The molecule has 0 saturated heterocycles. The number of methoxy groups -OCH3 is 2. The van der Waals surface area contributed by atoms with E-state index in [0.717, 1.165) is 0 Å². The topological polar surface area (TPSA) is 67.8 Å². The van der Waals surface area contributed by atoms with Crippen molar-refractivity contribution < 1.29 is 32.5 Å². The molecule has 0 fully saturated rings. The molecule has 0 saturated carbocycles. The fourth-order valence-electron chi connectivity index (χ4n) is 1.96. The number of rotatable bonds is 6. The molecule has 1 rings (SSSR count). The number of nitrogens with one attached hydrogen (secondary N) is 1. The van der Waals surface area contributed by atoms with Crippen LogP contribution in [0.1, 0.15) is 31.9 Å². The van der Waals surface area contributed by atoms with Crippen molar-refractivity contribution >= 4 is 5.91 Å². The van der Waals surface area contributed by atoms with Gasteiger partial charge in [-0.15, -0.1) is 0 Å². The first-order valence-corrected chi connectivity index (χ1v) is 6.82. The van der Waals surface area contributed by atoms with Crippen LogP contribution in [0.5, 0.6) is 11.5 Å². The van der Waals surface area contributed by atoms with Gasteiger partial charge in [0.1, 0.15) is 11.5 Å². The van der Waals surface area contributed by atoms with Crippen LogP contribution < -0.4 is 14.8 Å². The molecule has 8 heteroatoms. The van der Waals surface area contributed by atoms with E-state index in [9.17, 15) is 23.1 Å². The molecule has 2 atom stereocenters. The molecular weight excluding hydrogens is 315 g/mol. The van der Waals surface area contributed by atoms with E-state index in [0.29, 0.717) is 24.0 Å². The van der Waals surface area contributed by atoms with E-state index in [4.69, 9.17) is 9.47 Å². The first-order chi connectivity index (χ1) is 10.5. The van der Waals surface area contributed by atoms with Crippen LogP contribution in [-0.4, -0.2) is 37.0 Å². The van der Waals surface area contributed by atoms with Crippen LogP contribution >= 0.6 is 0 Å². The number of amides is 1. The summed E-state index contributed by atoms with van der Waals surface area (Å²) in [5, 5.41) is 11.8. The van der Waals surface area contributed by atoms with Gasteiger partial charge in [-0.25, -0.2) is 0 Å². The van der Waals surface area contributed by atoms with Gasteiger partial charge in [-0.3, -0.25) is 4.79 Å². The molecule has 0 aliphatic rings. The average Bonchev–Trinajstić information content (AvgIpc) is 2.44. The van der Waals surface area contributed by atoms with Gasteiger partial charge in [-0.1, -0.05) is 0 Å². The SMILES string of the molecule is COc1ccc(OC)c([C@H](C)NC(=O)C[C@](C)(O)C(F)(F)F)c1. The highest BCUT2D eigenvalue weighted by atomic mass is 19.4. The molecule has 23 heavy (non-hydrogen) atoms. The number of halogens is 3. The molecule has 5 nitrogen and oxygen atoms in total. The third-order valence-corrected chi connectivity index (χ3v) is 3.40. The number of hydrogen-bond donors (Lipinski definition) is 2. The Morgan fingerprint density at radius 2 is 1.91 bits per heavy atom. The van der Waals surface area contributed by atoms with Crippen LogP contribution in [0.15, 0.2) is 18.2 Å². The molecule has 1 amide bonds. The summed E-state index contributed by atoms with van der Waals surface area (Å²) < 4.78 is 48.1. The summed E-state index contributed by atoms with van der Waals surface area (Å²) in [5.41, 5.74) is -2.54. The van der Waals surface area contributed by atoms with Gasteiger partial charge in [0.25, 0.3) is 0 Å². The number of ether oxygens (including phenoxy) is 2. The van der Waals surface area contributed by atoms with Crippen molar-refractivity contribution in [3.63, 3.8) is 0 Å². The summed E-state index contributed by atoms with van der Waals surface area (Å²) in [6.07, 6.45) is -5.98. The minimum absolute atomic E-state index is 0.459.